The Labute approximate surface area is 152 Å². The van der Waals surface area contributed by atoms with Crippen LogP contribution in [0.1, 0.15) is 0 Å². The van der Waals surface area contributed by atoms with Crippen LogP contribution in [0.4, 0.5) is 16.2 Å². The molecule has 0 unspecified atom stereocenters. The number of methoxy groups -OCH3 is 1. The van der Waals surface area contributed by atoms with Gasteiger partial charge in [0.05, 0.1) is 12.8 Å². The van der Waals surface area contributed by atoms with Crippen LogP contribution in [0.15, 0.2) is 48.5 Å². The van der Waals surface area contributed by atoms with Gasteiger partial charge in [0.1, 0.15) is 11.5 Å². The fourth-order valence-corrected chi connectivity index (χ4v) is 2.81. The summed E-state index contributed by atoms with van der Waals surface area (Å²) in [4.78, 5) is 26.9. The molecule has 1 N–H and O–H groups in total. The highest BCUT2D eigenvalue weighted by Gasteiger charge is 2.18. The van der Waals surface area contributed by atoms with Crippen LogP contribution in [0, 0.1) is 0 Å². The van der Waals surface area contributed by atoms with Gasteiger partial charge in [-0.25, -0.2) is 4.79 Å². The number of amides is 2. The number of nitrogens with zero attached hydrogens (tertiary/aromatic N) is 2. The largest absolute Gasteiger partial charge is 0.495 e. The van der Waals surface area contributed by atoms with E-state index in [9.17, 15) is 9.59 Å². The predicted octanol–water partition coefficient (Wildman–Crippen LogP) is 2.58. The number of piperazine rings is 1. The SMILES string of the molecule is COc1ccc(N2CCN(C=O)CC2)cc1NC(=O)Oc1ccccc1. The Balaban J connectivity index is 1.71. The Morgan fingerprint density at radius 1 is 1.08 bits per heavy atom. The maximum Gasteiger partial charge on any atom is 0.417 e. The summed E-state index contributed by atoms with van der Waals surface area (Å²) >= 11 is 0. The maximum atomic E-state index is 12.2. The van der Waals surface area contributed by atoms with E-state index in [2.05, 4.69) is 10.2 Å². The second-order valence-corrected chi connectivity index (χ2v) is 5.84. The van der Waals surface area contributed by atoms with Crippen molar-refractivity contribution in [2.45, 2.75) is 0 Å². The molecule has 0 bridgehead atoms. The van der Waals surface area contributed by atoms with E-state index < -0.39 is 6.09 Å². The normalized spacial score (nSPS) is 13.9. The van der Waals surface area contributed by atoms with Crippen LogP contribution in [0.5, 0.6) is 11.5 Å². The summed E-state index contributed by atoms with van der Waals surface area (Å²) in [7, 11) is 1.55. The highest BCUT2D eigenvalue weighted by molar-refractivity contribution is 5.89. The predicted molar refractivity (Wildman–Crippen MR) is 98.9 cm³/mol. The molecule has 3 rings (SSSR count). The highest BCUT2D eigenvalue weighted by Crippen LogP contribution is 2.30. The maximum absolute atomic E-state index is 12.2. The van der Waals surface area contributed by atoms with Crippen LogP contribution in [-0.4, -0.2) is 50.7 Å². The molecule has 7 nitrogen and oxygen atoms in total. The van der Waals surface area contributed by atoms with E-state index in [1.165, 1.54) is 0 Å². The lowest BCUT2D eigenvalue weighted by atomic mass is 10.2. The second kappa shape index (κ2) is 8.24. The fourth-order valence-electron chi connectivity index (χ4n) is 2.81. The first-order chi connectivity index (χ1) is 12.7. The average Bonchev–Trinajstić information content (AvgIpc) is 2.68. The summed E-state index contributed by atoms with van der Waals surface area (Å²) in [6.07, 6.45) is 0.287. The third kappa shape index (κ3) is 4.24. The number of rotatable bonds is 5. The van der Waals surface area contributed by atoms with E-state index in [1.807, 2.05) is 18.2 Å². The Hall–Kier alpha value is -3.22. The van der Waals surface area contributed by atoms with E-state index >= 15 is 0 Å². The summed E-state index contributed by atoms with van der Waals surface area (Å²) in [5, 5.41) is 2.73. The van der Waals surface area contributed by atoms with Crippen LogP contribution in [0.2, 0.25) is 0 Å². The van der Waals surface area contributed by atoms with Crippen LogP contribution in [0.25, 0.3) is 0 Å². The number of nitrogens with one attached hydrogen (secondary N) is 1. The number of carbonyl (C=O) groups excluding carboxylic acids is 2. The topological polar surface area (TPSA) is 71.1 Å². The minimum absolute atomic E-state index is 0.463. The molecule has 7 heteroatoms. The van der Waals surface area contributed by atoms with E-state index in [-0.39, 0.29) is 0 Å². The number of anilines is 2. The molecule has 1 heterocycles. The minimum Gasteiger partial charge on any atom is -0.495 e. The number of carbonyl (C=O) groups is 2. The molecule has 136 valence electrons. The average molecular weight is 355 g/mol. The molecule has 2 aromatic rings. The number of benzene rings is 2. The van der Waals surface area contributed by atoms with Crippen molar-refractivity contribution in [3.63, 3.8) is 0 Å². The molecule has 26 heavy (non-hydrogen) atoms. The molecule has 0 atom stereocenters. The van der Waals surface area contributed by atoms with Gasteiger partial charge < -0.3 is 19.3 Å². The van der Waals surface area contributed by atoms with Gasteiger partial charge in [-0.1, -0.05) is 18.2 Å². The molecule has 2 aromatic carbocycles. The van der Waals surface area contributed by atoms with Crippen molar-refractivity contribution < 1.29 is 19.1 Å². The van der Waals surface area contributed by atoms with Crippen molar-refractivity contribution in [3.8, 4) is 11.5 Å². The van der Waals surface area contributed by atoms with E-state index in [1.54, 1.807) is 42.3 Å². The van der Waals surface area contributed by atoms with Crippen LogP contribution in [0.3, 0.4) is 0 Å². The van der Waals surface area contributed by atoms with Crippen molar-refractivity contribution in [2.24, 2.45) is 0 Å². The molecule has 1 aliphatic heterocycles. The summed E-state index contributed by atoms with van der Waals surface area (Å²) in [6, 6.07) is 14.4. The molecular formula is C19H21N3O4. The van der Waals surface area contributed by atoms with E-state index in [4.69, 9.17) is 9.47 Å². The van der Waals surface area contributed by atoms with Crippen molar-refractivity contribution in [2.75, 3.05) is 43.5 Å². The third-order valence-electron chi connectivity index (χ3n) is 4.20. The first-order valence-electron chi connectivity index (χ1n) is 8.36. The summed E-state index contributed by atoms with van der Waals surface area (Å²) < 4.78 is 10.6. The van der Waals surface area contributed by atoms with Crippen molar-refractivity contribution in [3.05, 3.63) is 48.5 Å². The first kappa shape index (κ1) is 17.6. The van der Waals surface area contributed by atoms with Gasteiger partial charge in [-0.15, -0.1) is 0 Å². The van der Waals surface area contributed by atoms with E-state index in [0.717, 1.165) is 25.2 Å². The van der Waals surface area contributed by atoms with Gasteiger partial charge in [0, 0.05) is 31.9 Å². The highest BCUT2D eigenvalue weighted by atomic mass is 16.6. The van der Waals surface area contributed by atoms with Gasteiger partial charge in [0.25, 0.3) is 0 Å². The second-order valence-electron chi connectivity index (χ2n) is 5.84. The van der Waals surface area contributed by atoms with Gasteiger partial charge in [-0.3, -0.25) is 10.1 Å². The molecule has 0 saturated carbocycles. The summed E-state index contributed by atoms with van der Waals surface area (Å²) in [5.41, 5.74) is 1.48. The van der Waals surface area contributed by atoms with Crippen LogP contribution < -0.4 is 19.7 Å². The molecule has 1 fully saturated rings. The van der Waals surface area contributed by atoms with Crippen molar-refractivity contribution in [1.82, 2.24) is 4.90 Å². The molecule has 1 saturated heterocycles. The molecule has 0 aliphatic carbocycles. The molecule has 0 aromatic heterocycles. The first-order valence-corrected chi connectivity index (χ1v) is 8.36. The Morgan fingerprint density at radius 2 is 1.81 bits per heavy atom. The monoisotopic (exact) mass is 355 g/mol. The number of ether oxygens (including phenoxy) is 2. The zero-order chi connectivity index (χ0) is 18.4. The van der Waals surface area contributed by atoms with Crippen LogP contribution >= 0.6 is 0 Å². The lowest BCUT2D eigenvalue weighted by Crippen LogP contribution is -2.45. The molecule has 0 spiro atoms. The number of para-hydroxylation sites is 1. The molecule has 0 radical (unpaired) electrons. The van der Waals surface area contributed by atoms with Gasteiger partial charge in [0.15, 0.2) is 0 Å². The Bertz CT molecular complexity index is 759. The van der Waals surface area contributed by atoms with Gasteiger partial charge in [-0.05, 0) is 30.3 Å². The lowest BCUT2D eigenvalue weighted by molar-refractivity contribution is -0.118. The van der Waals surface area contributed by atoms with E-state index in [0.29, 0.717) is 30.3 Å². The van der Waals surface area contributed by atoms with Crippen molar-refractivity contribution in [1.29, 1.82) is 0 Å². The summed E-state index contributed by atoms with van der Waals surface area (Å²) in [6.45, 7) is 2.82. The summed E-state index contributed by atoms with van der Waals surface area (Å²) in [5.74, 6) is 1.01. The molecular weight excluding hydrogens is 334 g/mol. The van der Waals surface area contributed by atoms with Crippen LogP contribution in [-0.2, 0) is 4.79 Å². The quantitative estimate of drug-likeness (QED) is 0.835. The Kier molecular flexibility index (Phi) is 5.58. The number of hydrogen-bond donors (Lipinski definition) is 1. The zero-order valence-electron chi connectivity index (χ0n) is 14.6. The van der Waals surface area contributed by atoms with Gasteiger partial charge in [-0.2, -0.15) is 0 Å². The number of hydrogen-bond acceptors (Lipinski definition) is 5. The van der Waals surface area contributed by atoms with Crippen molar-refractivity contribution >= 4 is 23.9 Å². The van der Waals surface area contributed by atoms with Gasteiger partial charge >= 0.3 is 6.09 Å². The lowest BCUT2D eigenvalue weighted by Gasteiger charge is -2.34. The molecule has 2 amide bonds. The zero-order valence-corrected chi connectivity index (χ0v) is 14.6. The Morgan fingerprint density at radius 3 is 2.46 bits per heavy atom. The standard InChI is InChI=1S/C19H21N3O4/c1-25-18-8-7-15(22-11-9-21(14-23)10-12-22)13-17(18)20-19(24)26-16-5-3-2-4-6-16/h2-8,13-14H,9-12H2,1H3,(H,20,24). The molecule has 1 aliphatic rings. The van der Waals surface area contributed by atoms with Gasteiger partial charge in [0.2, 0.25) is 6.41 Å². The minimum atomic E-state index is -0.586. The third-order valence-corrected chi connectivity index (χ3v) is 4.20. The fraction of sp³-hybridized carbons (Fsp3) is 0.263. The smallest absolute Gasteiger partial charge is 0.417 e.